The molecule has 0 aliphatic heterocycles. The maximum Gasteiger partial charge on any atom is 0.229 e. The van der Waals surface area contributed by atoms with Gasteiger partial charge in [-0.05, 0) is 26.1 Å². The van der Waals surface area contributed by atoms with Crippen molar-refractivity contribution in [2.24, 2.45) is 4.99 Å². The fourth-order valence-electron chi connectivity index (χ4n) is 1.84. The van der Waals surface area contributed by atoms with Gasteiger partial charge in [-0.2, -0.15) is 0 Å². The van der Waals surface area contributed by atoms with Gasteiger partial charge in [-0.3, -0.25) is 4.99 Å². The average molecular weight is 285 g/mol. The molecule has 0 bridgehead atoms. The molecular weight excluding hydrogens is 266 g/mol. The molecule has 0 fully saturated rings. The van der Waals surface area contributed by atoms with Crippen LogP contribution in [-0.4, -0.2) is 25.2 Å². The van der Waals surface area contributed by atoms with Crippen LogP contribution < -0.4 is 4.43 Å². The Hall–Kier alpha value is -2.01. The van der Waals surface area contributed by atoms with Crippen molar-refractivity contribution in [1.29, 1.82) is 0 Å². The number of hydrogen-bond acceptors (Lipinski definition) is 4. The van der Waals surface area contributed by atoms with E-state index in [0.717, 1.165) is 16.9 Å². The van der Waals surface area contributed by atoms with Crippen molar-refractivity contribution in [2.45, 2.75) is 26.1 Å². The van der Waals surface area contributed by atoms with E-state index in [-0.39, 0.29) is 6.04 Å². The van der Waals surface area contributed by atoms with Crippen LogP contribution in [0.2, 0.25) is 13.1 Å². The van der Waals surface area contributed by atoms with Crippen LogP contribution in [0.5, 0.6) is 5.75 Å². The predicted octanol–water partition coefficient (Wildman–Crippen LogP) is 3.02. The first-order chi connectivity index (χ1) is 9.66. The van der Waals surface area contributed by atoms with Gasteiger partial charge in [0.15, 0.2) is 0 Å². The topological polar surface area (TPSA) is 47.4 Å². The molecule has 4 nitrogen and oxygen atoms in total. The van der Waals surface area contributed by atoms with Gasteiger partial charge in [0.25, 0.3) is 0 Å². The van der Waals surface area contributed by atoms with Gasteiger partial charge in [0, 0.05) is 29.7 Å². The Morgan fingerprint density at radius 3 is 2.60 bits per heavy atom. The first kappa shape index (κ1) is 14.4. The van der Waals surface area contributed by atoms with Crippen molar-refractivity contribution >= 4 is 15.3 Å². The number of nitrogens with zero attached hydrogens (tertiary/aromatic N) is 3. The minimum absolute atomic E-state index is 0.0409. The summed E-state index contributed by atoms with van der Waals surface area (Å²) >= 11 is 0. The molecule has 0 saturated heterocycles. The van der Waals surface area contributed by atoms with Crippen LogP contribution in [0.1, 0.15) is 24.1 Å². The van der Waals surface area contributed by atoms with Crippen LogP contribution in [0.25, 0.3) is 0 Å². The second-order valence-corrected chi connectivity index (χ2v) is 7.16. The highest BCUT2D eigenvalue weighted by Crippen LogP contribution is 2.27. The third kappa shape index (κ3) is 3.99. The fraction of sp³-hybridized carbons (Fsp3) is 0.267. The quantitative estimate of drug-likeness (QED) is 0.626. The number of rotatable bonds is 5. The van der Waals surface area contributed by atoms with Crippen molar-refractivity contribution < 1.29 is 4.43 Å². The average Bonchev–Trinajstić information content (AvgIpc) is 2.46. The summed E-state index contributed by atoms with van der Waals surface area (Å²) in [4.78, 5) is 12.5. The van der Waals surface area contributed by atoms with E-state index in [0.29, 0.717) is 0 Å². The molecule has 1 aromatic carbocycles. The van der Waals surface area contributed by atoms with Crippen LogP contribution in [0.15, 0.2) is 48.0 Å². The van der Waals surface area contributed by atoms with E-state index in [1.54, 1.807) is 18.6 Å². The summed E-state index contributed by atoms with van der Waals surface area (Å²) in [6.07, 6.45) is 6.80. The van der Waals surface area contributed by atoms with Gasteiger partial charge in [0.05, 0.1) is 6.04 Å². The van der Waals surface area contributed by atoms with Crippen molar-refractivity contribution in [3.8, 4) is 5.75 Å². The molecule has 2 rings (SSSR count). The standard InChI is InChI=1S/C15H19N3OSi/c1-12(18-10-13-8-16-11-17-9-13)14-6-4-5-7-15(14)19-20(2)3/h4-12,20H,1-3H3. The smallest absolute Gasteiger partial charge is 0.229 e. The molecule has 2 aromatic rings. The second kappa shape index (κ2) is 6.95. The second-order valence-electron chi connectivity index (χ2n) is 4.83. The molecule has 104 valence electrons. The summed E-state index contributed by atoms with van der Waals surface area (Å²) < 4.78 is 5.96. The number of benzene rings is 1. The van der Waals surface area contributed by atoms with Crippen molar-refractivity contribution in [3.63, 3.8) is 0 Å². The molecule has 0 aliphatic carbocycles. The van der Waals surface area contributed by atoms with Crippen LogP contribution >= 0.6 is 0 Å². The Morgan fingerprint density at radius 2 is 1.90 bits per heavy atom. The number of aliphatic imine (C=N–C) groups is 1. The van der Waals surface area contributed by atoms with Gasteiger partial charge in [0.1, 0.15) is 12.1 Å². The Labute approximate surface area is 121 Å². The third-order valence-corrected chi connectivity index (χ3v) is 3.48. The maximum atomic E-state index is 5.96. The van der Waals surface area contributed by atoms with Crippen molar-refractivity contribution in [3.05, 3.63) is 54.1 Å². The van der Waals surface area contributed by atoms with Crippen molar-refractivity contribution in [1.82, 2.24) is 9.97 Å². The summed E-state index contributed by atoms with van der Waals surface area (Å²) in [5.41, 5.74) is 2.01. The van der Waals surface area contributed by atoms with Gasteiger partial charge in [-0.15, -0.1) is 0 Å². The Kier molecular flexibility index (Phi) is 5.01. The Balaban J connectivity index is 2.17. The van der Waals surface area contributed by atoms with E-state index in [4.69, 9.17) is 4.43 Å². The highest BCUT2D eigenvalue weighted by molar-refractivity contribution is 6.49. The lowest BCUT2D eigenvalue weighted by Crippen LogP contribution is -2.13. The monoisotopic (exact) mass is 285 g/mol. The van der Waals surface area contributed by atoms with E-state index in [9.17, 15) is 0 Å². The fourth-order valence-corrected chi connectivity index (χ4v) is 2.56. The van der Waals surface area contributed by atoms with Crippen molar-refractivity contribution in [2.75, 3.05) is 0 Å². The molecule has 1 unspecified atom stereocenters. The summed E-state index contributed by atoms with van der Waals surface area (Å²) in [6.45, 7) is 6.38. The van der Waals surface area contributed by atoms with Crippen LogP contribution in [-0.2, 0) is 0 Å². The molecule has 0 radical (unpaired) electrons. The summed E-state index contributed by atoms with van der Waals surface area (Å²) in [6, 6.07) is 8.13. The Bertz CT molecular complexity index is 572. The minimum atomic E-state index is -1.12. The zero-order valence-corrected chi connectivity index (χ0v) is 13.2. The number of aromatic nitrogens is 2. The highest BCUT2D eigenvalue weighted by atomic mass is 28.3. The number of hydrogen-bond donors (Lipinski definition) is 0. The predicted molar refractivity (Wildman–Crippen MR) is 84.0 cm³/mol. The molecule has 0 N–H and O–H groups in total. The molecule has 20 heavy (non-hydrogen) atoms. The lowest BCUT2D eigenvalue weighted by Gasteiger charge is -2.16. The van der Waals surface area contributed by atoms with Gasteiger partial charge >= 0.3 is 0 Å². The van der Waals surface area contributed by atoms with Gasteiger partial charge in [-0.25, -0.2) is 9.97 Å². The van der Waals surface area contributed by atoms with Crippen LogP contribution in [0, 0.1) is 0 Å². The first-order valence-electron chi connectivity index (χ1n) is 6.70. The van der Waals surface area contributed by atoms with Gasteiger partial charge < -0.3 is 4.43 Å². The van der Waals surface area contributed by atoms with Crippen LogP contribution in [0.4, 0.5) is 0 Å². The zero-order valence-electron chi connectivity index (χ0n) is 12.0. The van der Waals surface area contributed by atoms with Gasteiger partial charge in [-0.1, -0.05) is 18.2 Å². The first-order valence-corrected chi connectivity index (χ1v) is 9.48. The molecular formula is C15H19N3OSi. The minimum Gasteiger partial charge on any atom is -0.547 e. The molecule has 1 aromatic heterocycles. The van der Waals surface area contributed by atoms with Gasteiger partial charge in [0.2, 0.25) is 9.04 Å². The summed E-state index contributed by atoms with van der Waals surface area (Å²) in [7, 11) is -1.12. The van der Waals surface area contributed by atoms with E-state index >= 15 is 0 Å². The third-order valence-electron chi connectivity index (χ3n) is 2.76. The summed E-state index contributed by atoms with van der Waals surface area (Å²) in [5, 5.41) is 0. The van der Waals surface area contributed by atoms with E-state index in [2.05, 4.69) is 41.0 Å². The molecule has 0 aliphatic rings. The molecule has 0 spiro atoms. The highest BCUT2D eigenvalue weighted by Gasteiger charge is 2.10. The normalized spacial score (nSPS) is 12.8. The van der Waals surface area contributed by atoms with E-state index in [1.165, 1.54) is 6.33 Å². The summed E-state index contributed by atoms with van der Waals surface area (Å²) in [5.74, 6) is 0.947. The largest absolute Gasteiger partial charge is 0.547 e. The van der Waals surface area contributed by atoms with Crippen LogP contribution in [0.3, 0.4) is 0 Å². The lowest BCUT2D eigenvalue weighted by atomic mass is 10.1. The molecule has 1 heterocycles. The SMILES string of the molecule is CC(N=Cc1cncnc1)c1ccccc1O[SiH](C)C. The molecule has 1 atom stereocenters. The van der Waals surface area contributed by atoms with E-state index in [1.807, 2.05) is 18.2 Å². The molecule has 5 heteroatoms. The maximum absolute atomic E-state index is 5.96. The lowest BCUT2D eigenvalue weighted by molar-refractivity contribution is 0.564. The van der Waals surface area contributed by atoms with E-state index < -0.39 is 9.04 Å². The number of para-hydroxylation sites is 1. The zero-order chi connectivity index (χ0) is 14.4. The Morgan fingerprint density at radius 1 is 1.20 bits per heavy atom. The molecule has 0 saturated carbocycles. The molecule has 0 amide bonds.